The van der Waals surface area contributed by atoms with Crippen LogP contribution in [0.5, 0.6) is 5.75 Å². The Hall–Kier alpha value is -1.51. The summed E-state index contributed by atoms with van der Waals surface area (Å²) in [6, 6.07) is 16.2. The summed E-state index contributed by atoms with van der Waals surface area (Å²) < 4.78 is 0. The molecule has 0 aromatic heterocycles. The van der Waals surface area contributed by atoms with Crippen LogP contribution in [0.15, 0.2) is 48.5 Å². The molecular weight excluding hydrogens is 258 g/mol. The van der Waals surface area contributed by atoms with Gasteiger partial charge in [-0.1, -0.05) is 42.5 Å². The molecule has 0 amide bonds. The van der Waals surface area contributed by atoms with Crippen molar-refractivity contribution in [3.63, 3.8) is 0 Å². The molecule has 100 valence electrons. The summed E-state index contributed by atoms with van der Waals surface area (Å²) in [6.07, 6.45) is 1.10. The Bertz CT molecular complexity index is 556. The average Bonchev–Trinajstić information content (AvgIpc) is 2.41. The summed E-state index contributed by atoms with van der Waals surface area (Å²) in [6.45, 7) is 2.86. The van der Waals surface area contributed by atoms with E-state index in [1.54, 1.807) is 6.07 Å². The lowest BCUT2D eigenvalue weighted by atomic mass is 9.99. The molecule has 2 nitrogen and oxygen atoms in total. The van der Waals surface area contributed by atoms with Crippen LogP contribution in [0.25, 0.3) is 0 Å². The first-order chi connectivity index (χ1) is 8.83. The third-order valence-electron chi connectivity index (χ3n) is 3.60. The molecular formula is C16H18ClNO. The lowest BCUT2D eigenvalue weighted by Crippen LogP contribution is -2.29. The van der Waals surface area contributed by atoms with Gasteiger partial charge in [-0.15, -0.1) is 12.4 Å². The predicted octanol–water partition coefficient (Wildman–Crippen LogP) is 3.37. The Morgan fingerprint density at radius 2 is 1.63 bits per heavy atom. The predicted molar refractivity (Wildman–Crippen MR) is 79.6 cm³/mol. The molecule has 0 saturated carbocycles. The molecule has 1 N–H and O–H groups in total. The van der Waals surface area contributed by atoms with Gasteiger partial charge in [0.05, 0.1) is 0 Å². The second-order valence-electron chi connectivity index (χ2n) is 4.86. The fourth-order valence-corrected chi connectivity index (χ4v) is 2.57. The number of phenols is 1. The first kappa shape index (κ1) is 13.9. The van der Waals surface area contributed by atoms with Crippen molar-refractivity contribution in [2.24, 2.45) is 0 Å². The number of hydrogen-bond acceptors (Lipinski definition) is 2. The van der Waals surface area contributed by atoms with Crippen LogP contribution < -0.4 is 0 Å². The van der Waals surface area contributed by atoms with E-state index in [9.17, 15) is 5.11 Å². The number of benzene rings is 2. The van der Waals surface area contributed by atoms with Crippen LogP contribution >= 0.6 is 12.4 Å². The van der Waals surface area contributed by atoms with E-state index in [1.165, 1.54) is 11.1 Å². The molecule has 1 aliphatic rings. The minimum atomic E-state index is 0. The van der Waals surface area contributed by atoms with Crippen LogP contribution in [0.3, 0.4) is 0 Å². The number of fused-ring (bicyclic) bond motifs is 1. The number of rotatable bonds is 2. The molecule has 0 unspecified atom stereocenters. The maximum absolute atomic E-state index is 9.81. The van der Waals surface area contributed by atoms with Crippen LogP contribution in [0.4, 0.5) is 0 Å². The van der Waals surface area contributed by atoms with Crippen LogP contribution in [0.1, 0.15) is 16.7 Å². The number of nitrogens with zero attached hydrogens (tertiary/aromatic N) is 1. The molecule has 0 atom stereocenters. The van der Waals surface area contributed by atoms with Gasteiger partial charge in [0.15, 0.2) is 0 Å². The summed E-state index contributed by atoms with van der Waals surface area (Å²) in [4.78, 5) is 2.39. The number of halogens is 1. The molecule has 0 aliphatic carbocycles. The van der Waals surface area contributed by atoms with Gasteiger partial charge in [-0.25, -0.2) is 0 Å². The first-order valence-corrected chi connectivity index (χ1v) is 6.39. The average molecular weight is 276 g/mol. The highest BCUT2D eigenvalue weighted by Gasteiger charge is 2.16. The van der Waals surface area contributed by atoms with Gasteiger partial charge in [-0.2, -0.15) is 0 Å². The van der Waals surface area contributed by atoms with Crippen molar-refractivity contribution in [1.82, 2.24) is 4.90 Å². The minimum absolute atomic E-state index is 0. The molecule has 2 aromatic rings. The van der Waals surface area contributed by atoms with Crippen molar-refractivity contribution in [3.05, 3.63) is 65.2 Å². The molecule has 1 aliphatic heterocycles. The van der Waals surface area contributed by atoms with Gasteiger partial charge in [-0.05, 0) is 23.6 Å². The van der Waals surface area contributed by atoms with Crippen LogP contribution in [0.2, 0.25) is 0 Å². The van der Waals surface area contributed by atoms with Gasteiger partial charge in [-0.3, -0.25) is 4.90 Å². The van der Waals surface area contributed by atoms with E-state index >= 15 is 0 Å². The Morgan fingerprint density at radius 1 is 0.947 bits per heavy atom. The van der Waals surface area contributed by atoms with Crippen molar-refractivity contribution in [2.75, 3.05) is 6.54 Å². The summed E-state index contributed by atoms with van der Waals surface area (Å²) >= 11 is 0. The topological polar surface area (TPSA) is 23.5 Å². The van der Waals surface area contributed by atoms with Gasteiger partial charge >= 0.3 is 0 Å². The molecule has 0 bridgehead atoms. The summed E-state index contributed by atoms with van der Waals surface area (Å²) in [5.74, 6) is 0.399. The van der Waals surface area contributed by atoms with Crippen molar-refractivity contribution in [2.45, 2.75) is 19.5 Å². The Balaban J connectivity index is 0.00000133. The highest BCUT2D eigenvalue weighted by atomic mass is 35.5. The second kappa shape index (κ2) is 6.09. The highest BCUT2D eigenvalue weighted by Crippen LogP contribution is 2.23. The molecule has 19 heavy (non-hydrogen) atoms. The summed E-state index contributed by atoms with van der Waals surface area (Å²) in [5.41, 5.74) is 3.89. The van der Waals surface area contributed by atoms with E-state index in [1.807, 2.05) is 18.2 Å². The molecule has 0 radical (unpaired) electrons. The zero-order chi connectivity index (χ0) is 12.4. The third-order valence-corrected chi connectivity index (χ3v) is 3.60. The standard InChI is InChI=1S/C16H17NO.ClH/c18-16-8-4-3-7-15(16)12-17-10-9-13-5-1-2-6-14(13)11-17;/h1-8,18H,9-12H2;1H. The van der Waals surface area contributed by atoms with E-state index < -0.39 is 0 Å². The van der Waals surface area contributed by atoms with Gasteiger partial charge in [0, 0.05) is 25.2 Å². The van der Waals surface area contributed by atoms with E-state index in [2.05, 4.69) is 29.2 Å². The van der Waals surface area contributed by atoms with Gasteiger partial charge in [0.1, 0.15) is 5.75 Å². The van der Waals surface area contributed by atoms with E-state index in [4.69, 9.17) is 0 Å². The second-order valence-corrected chi connectivity index (χ2v) is 4.86. The maximum atomic E-state index is 9.81. The van der Waals surface area contributed by atoms with Crippen LogP contribution in [-0.2, 0) is 19.5 Å². The quantitative estimate of drug-likeness (QED) is 0.908. The zero-order valence-electron chi connectivity index (χ0n) is 10.7. The van der Waals surface area contributed by atoms with Gasteiger partial charge in [0.25, 0.3) is 0 Å². The fraction of sp³-hybridized carbons (Fsp3) is 0.250. The highest BCUT2D eigenvalue weighted by molar-refractivity contribution is 5.85. The normalized spacial score (nSPS) is 14.5. The maximum Gasteiger partial charge on any atom is 0.120 e. The summed E-state index contributed by atoms with van der Waals surface area (Å²) in [7, 11) is 0. The molecule has 1 heterocycles. The molecule has 2 aromatic carbocycles. The van der Waals surface area contributed by atoms with Crippen LogP contribution in [0, 0.1) is 0 Å². The lowest BCUT2D eigenvalue weighted by Gasteiger charge is -2.28. The van der Waals surface area contributed by atoms with Crippen molar-refractivity contribution < 1.29 is 5.11 Å². The summed E-state index contributed by atoms with van der Waals surface area (Å²) in [5, 5.41) is 9.81. The fourth-order valence-electron chi connectivity index (χ4n) is 2.57. The molecule has 3 heteroatoms. The van der Waals surface area contributed by atoms with E-state index in [-0.39, 0.29) is 12.4 Å². The Labute approximate surface area is 120 Å². The molecule has 0 fully saturated rings. The zero-order valence-corrected chi connectivity index (χ0v) is 11.6. The smallest absolute Gasteiger partial charge is 0.120 e. The number of phenolic OH excluding ortho intramolecular Hbond substituents is 1. The minimum Gasteiger partial charge on any atom is -0.508 e. The monoisotopic (exact) mass is 275 g/mol. The van der Waals surface area contributed by atoms with E-state index in [0.29, 0.717) is 5.75 Å². The molecule has 3 rings (SSSR count). The molecule has 0 spiro atoms. The molecule has 0 saturated heterocycles. The van der Waals surface area contributed by atoms with Gasteiger partial charge in [0.2, 0.25) is 0 Å². The van der Waals surface area contributed by atoms with Crippen molar-refractivity contribution in [3.8, 4) is 5.75 Å². The lowest BCUT2D eigenvalue weighted by molar-refractivity contribution is 0.242. The number of aromatic hydroxyl groups is 1. The number of hydrogen-bond donors (Lipinski definition) is 1. The largest absolute Gasteiger partial charge is 0.508 e. The number of para-hydroxylation sites is 1. The first-order valence-electron chi connectivity index (χ1n) is 6.39. The Kier molecular flexibility index (Phi) is 4.46. The van der Waals surface area contributed by atoms with Crippen molar-refractivity contribution >= 4 is 12.4 Å². The van der Waals surface area contributed by atoms with Crippen LogP contribution in [-0.4, -0.2) is 16.6 Å². The Morgan fingerprint density at radius 3 is 2.42 bits per heavy atom. The van der Waals surface area contributed by atoms with Gasteiger partial charge < -0.3 is 5.11 Å². The third kappa shape index (κ3) is 3.09. The SMILES string of the molecule is Cl.Oc1ccccc1CN1CCc2ccccc2C1. The van der Waals surface area contributed by atoms with Crippen molar-refractivity contribution in [1.29, 1.82) is 0 Å². The van der Waals surface area contributed by atoms with E-state index in [0.717, 1.165) is 31.6 Å².